The maximum absolute atomic E-state index is 13.2. The quantitative estimate of drug-likeness (QED) is 0.750. The highest BCUT2D eigenvalue weighted by Crippen LogP contribution is 2.28. The lowest BCUT2D eigenvalue weighted by molar-refractivity contribution is -0.157. The summed E-state index contributed by atoms with van der Waals surface area (Å²) in [6.07, 6.45) is 2.54. The molecule has 0 N–H and O–H groups in total. The number of rotatable bonds is 5. The highest BCUT2D eigenvalue weighted by Gasteiger charge is 2.35. The van der Waals surface area contributed by atoms with E-state index in [1.54, 1.807) is 18.9 Å². The van der Waals surface area contributed by atoms with Crippen LogP contribution in [0.1, 0.15) is 44.6 Å². The first-order chi connectivity index (χ1) is 13.0. The van der Waals surface area contributed by atoms with Gasteiger partial charge in [0.25, 0.3) is 0 Å². The van der Waals surface area contributed by atoms with Crippen LogP contribution in [0, 0.1) is 0 Å². The third kappa shape index (κ3) is 4.07. The molecular formula is C22H27NO4. The predicted molar refractivity (Wildman–Crippen MR) is 105 cm³/mol. The predicted octanol–water partition coefficient (Wildman–Crippen LogP) is 3.90. The third-order valence-corrected chi connectivity index (χ3v) is 5.29. The van der Waals surface area contributed by atoms with Crippen molar-refractivity contribution in [1.29, 1.82) is 0 Å². The van der Waals surface area contributed by atoms with Crippen LogP contribution in [0.2, 0.25) is 0 Å². The van der Waals surface area contributed by atoms with Crippen LogP contribution < -0.4 is 4.74 Å². The first kappa shape index (κ1) is 19.2. The maximum atomic E-state index is 13.2. The number of benzene rings is 2. The van der Waals surface area contributed by atoms with Crippen molar-refractivity contribution >= 4 is 22.6 Å². The Morgan fingerprint density at radius 3 is 2.63 bits per heavy atom. The van der Waals surface area contributed by atoms with E-state index in [0.717, 1.165) is 34.9 Å². The summed E-state index contributed by atoms with van der Waals surface area (Å²) in [4.78, 5) is 27.1. The number of carbonyl (C=O) groups is 2. The van der Waals surface area contributed by atoms with E-state index in [1.165, 1.54) is 0 Å². The zero-order valence-electron chi connectivity index (χ0n) is 16.2. The minimum atomic E-state index is -0.460. The molecule has 0 aliphatic carbocycles. The Balaban J connectivity index is 1.83. The fourth-order valence-corrected chi connectivity index (χ4v) is 3.71. The van der Waals surface area contributed by atoms with Crippen molar-refractivity contribution in [2.75, 3.05) is 20.3 Å². The number of esters is 1. The fraction of sp³-hybridized carbons (Fsp3) is 0.455. The molecule has 0 aromatic heterocycles. The molecule has 0 saturated carbocycles. The molecule has 2 aromatic carbocycles. The van der Waals surface area contributed by atoms with Gasteiger partial charge in [0.2, 0.25) is 5.91 Å². The van der Waals surface area contributed by atoms with Gasteiger partial charge in [-0.25, -0.2) is 4.79 Å². The fourth-order valence-electron chi connectivity index (χ4n) is 3.71. The number of likely N-dealkylation sites (tertiary alicyclic amines) is 1. The Kier molecular flexibility index (Phi) is 5.99. The highest BCUT2D eigenvalue weighted by atomic mass is 16.5. The summed E-state index contributed by atoms with van der Waals surface area (Å²) in [5, 5.41) is 2.13. The van der Waals surface area contributed by atoms with E-state index < -0.39 is 6.04 Å². The van der Waals surface area contributed by atoms with E-state index in [9.17, 15) is 9.59 Å². The lowest BCUT2D eigenvalue weighted by Crippen LogP contribution is -2.50. The summed E-state index contributed by atoms with van der Waals surface area (Å²) in [7, 11) is 1.65. The molecule has 1 unspecified atom stereocenters. The van der Waals surface area contributed by atoms with E-state index >= 15 is 0 Å². The van der Waals surface area contributed by atoms with Gasteiger partial charge >= 0.3 is 5.97 Å². The van der Waals surface area contributed by atoms with Gasteiger partial charge in [-0.2, -0.15) is 0 Å². The topological polar surface area (TPSA) is 55.8 Å². The van der Waals surface area contributed by atoms with Crippen molar-refractivity contribution in [3.63, 3.8) is 0 Å². The van der Waals surface area contributed by atoms with Crippen LogP contribution in [-0.2, 0) is 14.3 Å². The van der Waals surface area contributed by atoms with E-state index in [4.69, 9.17) is 9.47 Å². The second-order valence-corrected chi connectivity index (χ2v) is 6.99. The van der Waals surface area contributed by atoms with E-state index in [-0.39, 0.29) is 17.8 Å². The molecule has 144 valence electrons. The summed E-state index contributed by atoms with van der Waals surface area (Å²) in [6, 6.07) is 11.5. The van der Waals surface area contributed by atoms with Crippen LogP contribution in [0.3, 0.4) is 0 Å². The van der Waals surface area contributed by atoms with Gasteiger partial charge < -0.3 is 14.4 Å². The molecule has 2 aromatic rings. The van der Waals surface area contributed by atoms with E-state index in [1.807, 2.05) is 43.3 Å². The summed E-state index contributed by atoms with van der Waals surface area (Å²) in [5.74, 6) is 0.195. The molecule has 27 heavy (non-hydrogen) atoms. The number of hydrogen-bond acceptors (Lipinski definition) is 4. The summed E-state index contributed by atoms with van der Waals surface area (Å²) in [5.41, 5.74) is 0.950. The second-order valence-electron chi connectivity index (χ2n) is 6.99. The SMILES string of the molecule is CCOC(=O)C1CCCCN1C(=O)[C@@H](C)c1ccc2cc(OC)ccc2c1. The number of piperidine rings is 1. The average Bonchev–Trinajstić information content (AvgIpc) is 2.72. The van der Waals surface area contributed by atoms with E-state index in [2.05, 4.69) is 0 Å². The Hall–Kier alpha value is -2.56. The molecule has 1 heterocycles. The first-order valence-electron chi connectivity index (χ1n) is 9.60. The van der Waals surface area contributed by atoms with Gasteiger partial charge in [0.15, 0.2) is 0 Å². The first-order valence-corrected chi connectivity index (χ1v) is 9.60. The summed E-state index contributed by atoms with van der Waals surface area (Å²) < 4.78 is 10.4. The molecule has 1 fully saturated rings. The molecule has 1 saturated heterocycles. The lowest BCUT2D eigenvalue weighted by atomic mass is 9.94. The maximum Gasteiger partial charge on any atom is 0.328 e. The molecule has 3 rings (SSSR count). The molecule has 5 nitrogen and oxygen atoms in total. The smallest absolute Gasteiger partial charge is 0.328 e. The van der Waals surface area contributed by atoms with Gasteiger partial charge in [0.05, 0.1) is 19.6 Å². The van der Waals surface area contributed by atoms with Crippen LogP contribution in [-0.4, -0.2) is 43.1 Å². The van der Waals surface area contributed by atoms with Gasteiger partial charge in [-0.05, 0) is 61.6 Å². The van der Waals surface area contributed by atoms with Crippen LogP contribution in [0.15, 0.2) is 36.4 Å². The normalized spacial score (nSPS) is 18.2. The number of fused-ring (bicyclic) bond motifs is 1. The minimum absolute atomic E-state index is 0.0133. The minimum Gasteiger partial charge on any atom is -0.497 e. The van der Waals surface area contributed by atoms with Crippen molar-refractivity contribution in [2.45, 2.75) is 45.1 Å². The second kappa shape index (κ2) is 8.42. The number of carbonyl (C=O) groups excluding carboxylic acids is 2. The van der Waals surface area contributed by atoms with Crippen molar-refractivity contribution in [3.05, 3.63) is 42.0 Å². The van der Waals surface area contributed by atoms with Crippen molar-refractivity contribution < 1.29 is 19.1 Å². The van der Waals surface area contributed by atoms with Gasteiger partial charge in [0.1, 0.15) is 11.8 Å². The number of hydrogen-bond donors (Lipinski definition) is 0. The lowest BCUT2D eigenvalue weighted by Gasteiger charge is -2.35. The zero-order valence-corrected chi connectivity index (χ0v) is 16.2. The summed E-state index contributed by atoms with van der Waals surface area (Å²) >= 11 is 0. The van der Waals surface area contributed by atoms with Gasteiger partial charge in [-0.3, -0.25) is 4.79 Å². The van der Waals surface area contributed by atoms with Crippen LogP contribution in [0.25, 0.3) is 10.8 Å². The number of ether oxygens (including phenoxy) is 2. The molecule has 1 aliphatic rings. The molecule has 0 spiro atoms. The highest BCUT2D eigenvalue weighted by molar-refractivity contribution is 5.91. The number of methoxy groups -OCH3 is 1. The van der Waals surface area contributed by atoms with Crippen molar-refractivity contribution in [3.8, 4) is 5.75 Å². The molecular weight excluding hydrogens is 342 g/mol. The van der Waals surface area contributed by atoms with Crippen LogP contribution in [0.5, 0.6) is 5.75 Å². The zero-order chi connectivity index (χ0) is 19.4. The summed E-state index contributed by atoms with van der Waals surface area (Å²) in [6.45, 7) is 4.64. The molecule has 5 heteroatoms. The van der Waals surface area contributed by atoms with Gasteiger partial charge in [0, 0.05) is 6.54 Å². The van der Waals surface area contributed by atoms with E-state index in [0.29, 0.717) is 19.6 Å². The Bertz CT molecular complexity index is 832. The monoisotopic (exact) mass is 369 g/mol. The molecule has 2 atom stereocenters. The number of nitrogens with zero attached hydrogens (tertiary/aromatic N) is 1. The van der Waals surface area contributed by atoms with Gasteiger partial charge in [-0.1, -0.05) is 24.3 Å². The Labute approximate surface area is 160 Å². The van der Waals surface area contributed by atoms with Crippen LogP contribution in [0.4, 0.5) is 0 Å². The molecule has 1 amide bonds. The third-order valence-electron chi connectivity index (χ3n) is 5.29. The molecule has 0 bridgehead atoms. The van der Waals surface area contributed by atoms with Crippen molar-refractivity contribution in [1.82, 2.24) is 4.90 Å². The van der Waals surface area contributed by atoms with Crippen molar-refractivity contribution in [2.24, 2.45) is 0 Å². The van der Waals surface area contributed by atoms with Gasteiger partial charge in [-0.15, -0.1) is 0 Å². The standard InChI is InChI=1S/C22H27NO4/c1-4-27-22(25)20-7-5-6-12-23(20)21(24)15(2)16-8-9-18-14-19(26-3)11-10-17(18)13-16/h8-11,13-15,20H,4-7,12H2,1-3H3/t15-,20?/m0/s1. The Morgan fingerprint density at radius 1 is 1.15 bits per heavy atom. The Morgan fingerprint density at radius 2 is 1.89 bits per heavy atom. The number of amides is 1. The molecule has 1 aliphatic heterocycles. The average molecular weight is 369 g/mol. The van der Waals surface area contributed by atoms with Crippen LogP contribution >= 0.6 is 0 Å². The largest absolute Gasteiger partial charge is 0.497 e. The molecule has 0 radical (unpaired) electrons.